The standard InChI is InChI=1S/C36H31ClO8S/c1-46-35-32(43-33(38)21-15-17-23(37)18-16-21)31(30-29(42-35)20-40-34(44-30)22-9-3-2-4-10-22)45-36(39)41-19-28-26-13-7-5-11-24(26)25-12-6-8-14-27(25)28/h2-18,28-32,34-35H,19-20H2,1H3/t29-,30+,31+,32-,34?,35?/m1/s1. The Bertz CT molecular complexity index is 1650. The van der Waals surface area contributed by atoms with Crippen molar-refractivity contribution in [2.45, 2.75) is 42.1 Å². The number of halogens is 1. The van der Waals surface area contributed by atoms with Crippen LogP contribution in [0.25, 0.3) is 11.1 Å². The van der Waals surface area contributed by atoms with Gasteiger partial charge in [0.05, 0.1) is 12.2 Å². The second-order valence-electron chi connectivity index (χ2n) is 11.2. The molecule has 4 aromatic rings. The number of carbonyl (C=O) groups is 2. The van der Waals surface area contributed by atoms with E-state index < -0.39 is 48.3 Å². The molecular formula is C36H31ClO8S. The second kappa shape index (κ2) is 13.5. The van der Waals surface area contributed by atoms with Crippen LogP contribution in [0.2, 0.25) is 5.02 Å². The average Bonchev–Trinajstić information content (AvgIpc) is 3.42. The van der Waals surface area contributed by atoms with E-state index >= 15 is 0 Å². The van der Waals surface area contributed by atoms with Crippen molar-refractivity contribution in [3.05, 3.63) is 130 Å². The molecule has 2 fully saturated rings. The molecule has 0 aromatic heterocycles. The molecule has 1 aliphatic carbocycles. The zero-order valence-corrected chi connectivity index (χ0v) is 26.4. The van der Waals surface area contributed by atoms with Crippen LogP contribution in [0.4, 0.5) is 4.79 Å². The molecule has 8 nitrogen and oxygen atoms in total. The molecule has 2 unspecified atom stereocenters. The zero-order valence-electron chi connectivity index (χ0n) is 24.8. The first-order chi connectivity index (χ1) is 22.5. The molecule has 2 heterocycles. The lowest BCUT2D eigenvalue weighted by molar-refractivity contribution is -0.318. The van der Waals surface area contributed by atoms with Crippen LogP contribution in [-0.2, 0) is 28.4 Å². The van der Waals surface area contributed by atoms with Crippen LogP contribution in [0, 0.1) is 0 Å². The van der Waals surface area contributed by atoms with Crippen molar-refractivity contribution >= 4 is 35.5 Å². The molecule has 0 amide bonds. The van der Waals surface area contributed by atoms with Gasteiger partial charge in [0.15, 0.2) is 18.5 Å². The van der Waals surface area contributed by atoms with Gasteiger partial charge in [-0.3, -0.25) is 0 Å². The second-order valence-corrected chi connectivity index (χ2v) is 12.6. The average molecular weight is 659 g/mol. The summed E-state index contributed by atoms with van der Waals surface area (Å²) in [6.45, 7) is 0.256. The summed E-state index contributed by atoms with van der Waals surface area (Å²) in [6.07, 6.45) is -3.28. The van der Waals surface area contributed by atoms with E-state index in [0.717, 1.165) is 27.8 Å². The summed E-state index contributed by atoms with van der Waals surface area (Å²) in [5.74, 6) is -0.766. The van der Waals surface area contributed by atoms with Gasteiger partial charge in [-0.25, -0.2) is 9.59 Å². The van der Waals surface area contributed by atoms with Crippen LogP contribution in [-0.4, -0.2) is 61.4 Å². The summed E-state index contributed by atoms with van der Waals surface area (Å²) in [6, 6.07) is 32.0. The lowest BCUT2D eigenvalue weighted by Crippen LogP contribution is -2.63. The number of esters is 1. The maximum Gasteiger partial charge on any atom is 0.508 e. The minimum absolute atomic E-state index is 0.0714. The quantitative estimate of drug-likeness (QED) is 0.188. The smallest absolute Gasteiger partial charge is 0.451 e. The maximum absolute atomic E-state index is 13.5. The Morgan fingerprint density at radius 2 is 1.46 bits per heavy atom. The van der Waals surface area contributed by atoms with Crippen LogP contribution in [0.3, 0.4) is 0 Å². The Morgan fingerprint density at radius 1 is 0.804 bits per heavy atom. The summed E-state index contributed by atoms with van der Waals surface area (Å²) in [4.78, 5) is 26.8. The molecule has 236 valence electrons. The number of thioether (sulfide) groups is 1. The number of hydrogen-bond donors (Lipinski definition) is 0. The Labute approximate surface area is 275 Å². The topological polar surface area (TPSA) is 89.5 Å². The van der Waals surface area contributed by atoms with Crippen molar-refractivity contribution in [2.24, 2.45) is 0 Å². The van der Waals surface area contributed by atoms with E-state index in [9.17, 15) is 9.59 Å². The van der Waals surface area contributed by atoms with Gasteiger partial charge >= 0.3 is 12.1 Å². The number of fused-ring (bicyclic) bond motifs is 4. The van der Waals surface area contributed by atoms with Crippen molar-refractivity contribution in [1.82, 2.24) is 0 Å². The zero-order chi connectivity index (χ0) is 31.6. The first-order valence-electron chi connectivity index (χ1n) is 15.0. The van der Waals surface area contributed by atoms with Gasteiger partial charge in [-0.1, -0.05) is 90.5 Å². The molecule has 0 bridgehead atoms. The highest BCUT2D eigenvalue weighted by Crippen LogP contribution is 2.45. The van der Waals surface area contributed by atoms with Crippen LogP contribution < -0.4 is 0 Å². The van der Waals surface area contributed by atoms with E-state index in [0.29, 0.717) is 10.6 Å². The number of ether oxygens (including phenoxy) is 6. The summed E-state index contributed by atoms with van der Waals surface area (Å²) in [5, 5.41) is 0.487. The van der Waals surface area contributed by atoms with E-state index in [1.54, 1.807) is 24.3 Å². The highest BCUT2D eigenvalue weighted by Gasteiger charge is 2.54. The lowest BCUT2D eigenvalue weighted by atomic mass is 9.98. The maximum atomic E-state index is 13.5. The van der Waals surface area contributed by atoms with Gasteiger partial charge < -0.3 is 28.4 Å². The lowest BCUT2D eigenvalue weighted by Gasteiger charge is -2.47. The Balaban J connectivity index is 1.14. The van der Waals surface area contributed by atoms with Gasteiger partial charge in [-0.05, 0) is 52.8 Å². The first kappa shape index (κ1) is 30.8. The van der Waals surface area contributed by atoms with E-state index in [2.05, 4.69) is 12.1 Å². The summed E-state index contributed by atoms with van der Waals surface area (Å²) < 4.78 is 36.6. The fourth-order valence-electron chi connectivity index (χ4n) is 6.29. The third-order valence-corrected chi connectivity index (χ3v) is 9.57. The number of carbonyl (C=O) groups excluding carboxylic acids is 2. The van der Waals surface area contributed by atoms with Gasteiger partial charge in [-0.15, -0.1) is 11.8 Å². The fraction of sp³-hybridized carbons (Fsp3) is 0.278. The van der Waals surface area contributed by atoms with Crippen molar-refractivity contribution in [1.29, 1.82) is 0 Å². The SMILES string of the molecule is CSC1O[C@@H]2COC(c3ccccc3)O[C@@H]2[C@H](OC(=O)OCC2c3ccccc3-c3ccccc32)[C@H]1OC(=O)c1ccc(Cl)cc1. The normalized spacial score (nSPS) is 25.1. The Hall–Kier alpha value is -3.86. The molecule has 2 aliphatic heterocycles. The predicted molar refractivity (Wildman–Crippen MR) is 173 cm³/mol. The number of benzene rings is 4. The van der Waals surface area contributed by atoms with E-state index in [1.165, 1.54) is 11.8 Å². The molecule has 7 rings (SSSR count). The molecule has 0 radical (unpaired) electrons. The van der Waals surface area contributed by atoms with Crippen molar-refractivity contribution < 1.29 is 38.0 Å². The van der Waals surface area contributed by atoms with Crippen molar-refractivity contribution in [3.63, 3.8) is 0 Å². The number of rotatable bonds is 7. The molecule has 10 heteroatoms. The highest BCUT2D eigenvalue weighted by molar-refractivity contribution is 7.99. The molecule has 0 saturated carbocycles. The molecule has 2 saturated heterocycles. The Kier molecular flexibility index (Phi) is 9.01. The fourth-order valence-corrected chi connectivity index (χ4v) is 7.15. The van der Waals surface area contributed by atoms with Crippen LogP contribution in [0.1, 0.15) is 39.3 Å². The summed E-state index contributed by atoms with van der Waals surface area (Å²) in [5.41, 5.74) is 4.81. The Morgan fingerprint density at radius 3 is 2.13 bits per heavy atom. The third-order valence-electron chi connectivity index (χ3n) is 8.47. The van der Waals surface area contributed by atoms with Crippen LogP contribution in [0.15, 0.2) is 103 Å². The molecule has 0 spiro atoms. The molecule has 6 atom stereocenters. The van der Waals surface area contributed by atoms with Crippen molar-refractivity contribution in [2.75, 3.05) is 19.5 Å². The monoisotopic (exact) mass is 658 g/mol. The van der Waals surface area contributed by atoms with Crippen LogP contribution >= 0.6 is 23.4 Å². The minimum Gasteiger partial charge on any atom is -0.451 e. The van der Waals surface area contributed by atoms with Gasteiger partial charge in [0.1, 0.15) is 24.3 Å². The molecular weight excluding hydrogens is 628 g/mol. The largest absolute Gasteiger partial charge is 0.508 e. The molecule has 3 aliphatic rings. The predicted octanol–water partition coefficient (Wildman–Crippen LogP) is 7.40. The van der Waals surface area contributed by atoms with E-state index in [-0.39, 0.29) is 19.1 Å². The molecule has 46 heavy (non-hydrogen) atoms. The minimum atomic E-state index is -1.06. The first-order valence-corrected chi connectivity index (χ1v) is 16.6. The van der Waals surface area contributed by atoms with Crippen molar-refractivity contribution in [3.8, 4) is 11.1 Å². The molecule has 0 N–H and O–H groups in total. The van der Waals surface area contributed by atoms with E-state index in [4.69, 9.17) is 40.0 Å². The highest BCUT2D eigenvalue weighted by atomic mass is 35.5. The van der Waals surface area contributed by atoms with Gasteiger partial charge in [0, 0.05) is 16.5 Å². The van der Waals surface area contributed by atoms with Gasteiger partial charge in [0.2, 0.25) is 0 Å². The van der Waals surface area contributed by atoms with Gasteiger partial charge in [-0.2, -0.15) is 0 Å². The summed E-state index contributed by atoms with van der Waals surface area (Å²) in [7, 11) is 0. The third kappa shape index (κ3) is 6.13. The number of hydrogen-bond acceptors (Lipinski definition) is 9. The van der Waals surface area contributed by atoms with Gasteiger partial charge in [0.25, 0.3) is 0 Å². The molecule has 4 aromatic carbocycles. The summed E-state index contributed by atoms with van der Waals surface area (Å²) >= 11 is 7.36. The van der Waals surface area contributed by atoms with Crippen LogP contribution in [0.5, 0.6) is 0 Å². The van der Waals surface area contributed by atoms with E-state index in [1.807, 2.05) is 73.0 Å².